The molecule has 1 saturated heterocycles. The van der Waals surface area contributed by atoms with E-state index in [0.717, 1.165) is 26.2 Å². The zero-order chi connectivity index (χ0) is 14.6. The first-order valence-corrected chi connectivity index (χ1v) is 9.38. The Hall–Kier alpha value is -0.260. The second-order valence-corrected chi connectivity index (χ2v) is 8.89. The summed E-state index contributed by atoms with van der Waals surface area (Å²) >= 11 is 3.96. The van der Waals surface area contributed by atoms with E-state index in [0.29, 0.717) is 4.75 Å². The Balaban J connectivity index is 2.00. The van der Waals surface area contributed by atoms with Gasteiger partial charge in [0.2, 0.25) is 0 Å². The molecule has 0 aromatic carbocycles. The first-order chi connectivity index (χ1) is 9.52. The van der Waals surface area contributed by atoms with Crippen LogP contribution >= 0.6 is 23.1 Å². The van der Waals surface area contributed by atoms with Crippen molar-refractivity contribution in [1.82, 2.24) is 10.3 Å². The van der Waals surface area contributed by atoms with Crippen LogP contribution in [0.3, 0.4) is 0 Å². The minimum Gasteiger partial charge on any atom is -0.347 e. The zero-order valence-electron chi connectivity index (χ0n) is 13.2. The summed E-state index contributed by atoms with van der Waals surface area (Å²) in [6.45, 7) is 13.4. The fourth-order valence-corrected chi connectivity index (χ4v) is 4.48. The van der Waals surface area contributed by atoms with Crippen LogP contribution in [0.5, 0.6) is 0 Å². The Kier molecular flexibility index (Phi) is 5.75. The van der Waals surface area contributed by atoms with Crippen LogP contribution in [0.1, 0.15) is 44.2 Å². The van der Waals surface area contributed by atoms with Crippen molar-refractivity contribution in [2.75, 3.05) is 30.3 Å². The molecule has 1 fully saturated rings. The van der Waals surface area contributed by atoms with Crippen LogP contribution in [0.4, 0.5) is 5.13 Å². The highest BCUT2D eigenvalue weighted by Gasteiger charge is 2.25. The number of anilines is 1. The molecule has 1 aromatic heterocycles. The van der Waals surface area contributed by atoms with E-state index in [9.17, 15) is 0 Å². The first-order valence-electron chi connectivity index (χ1n) is 7.58. The van der Waals surface area contributed by atoms with Gasteiger partial charge in [-0.1, -0.05) is 20.8 Å². The highest BCUT2D eigenvalue weighted by molar-refractivity contribution is 8.00. The molecule has 2 rings (SSSR count). The maximum Gasteiger partial charge on any atom is 0.185 e. The monoisotopic (exact) mass is 313 g/mol. The van der Waals surface area contributed by atoms with Gasteiger partial charge in [0.25, 0.3) is 0 Å². The summed E-state index contributed by atoms with van der Waals surface area (Å²) in [7, 11) is 0. The van der Waals surface area contributed by atoms with Gasteiger partial charge < -0.3 is 10.2 Å². The van der Waals surface area contributed by atoms with Crippen LogP contribution < -0.4 is 10.2 Å². The van der Waals surface area contributed by atoms with Gasteiger partial charge in [0.05, 0.1) is 5.69 Å². The van der Waals surface area contributed by atoms with E-state index in [1.165, 1.54) is 34.3 Å². The van der Waals surface area contributed by atoms with E-state index in [1.54, 1.807) is 0 Å². The molecule has 1 aromatic rings. The molecule has 1 aliphatic rings. The molecule has 0 saturated carbocycles. The highest BCUT2D eigenvalue weighted by atomic mass is 32.2. The van der Waals surface area contributed by atoms with E-state index < -0.39 is 0 Å². The number of nitrogens with zero attached hydrogens (tertiary/aromatic N) is 2. The van der Waals surface area contributed by atoms with Gasteiger partial charge in [-0.2, -0.15) is 11.8 Å². The Morgan fingerprint density at radius 1 is 1.35 bits per heavy atom. The average molecular weight is 314 g/mol. The smallest absolute Gasteiger partial charge is 0.185 e. The quantitative estimate of drug-likeness (QED) is 0.840. The van der Waals surface area contributed by atoms with Crippen LogP contribution in [-0.2, 0) is 6.54 Å². The van der Waals surface area contributed by atoms with Gasteiger partial charge in [0.1, 0.15) is 0 Å². The molecular formula is C15H27N3S2. The molecule has 3 nitrogen and oxygen atoms in total. The minimum absolute atomic E-state index is 0.409. The van der Waals surface area contributed by atoms with Crippen molar-refractivity contribution < 1.29 is 0 Å². The molecule has 20 heavy (non-hydrogen) atoms. The molecule has 1 N–H and O–H groups in total. The Bertz CT molecular complexity index is 429. The fraction of sp³-hybridized carbons (Fsp3) is 0.800. The number of thiazole rings is 1. The molecule has 5 heteroatoms. The Morgan fingerprint density at radius 2 is 2.15 bits per heavy atom. The fourth-order valence-electron chi connectivity index (χ4n) is 2.30. The standard InChI is InChI=1S/C15H27N3S2/c1-5-7-16-11-13-12(2)17-14(20-13)18-8-6-15(3,4)19-10-9-18/h16H,5-11H2,1-4H3. The van der Waals surface area contributed by atoms with E-state index >= 15 is 0 Å². The molecule has 1 aliphatic heterocycles. The van der Waals surface area contributed by atoms with Crippen molar-refractivity contribution >= 4 is 28.2 Å². The molecule has 0 bridgehead atoms. The largest absolute Gasteiger partial charge is 0.347 e. The van der Waals surface area contributed by atoms with Crippen LogP contribution in [0.2, 0.25) is 0 Å². The van der Waals surface area contributed by atoms with Gasteiger partial charge in [0, 0.05) is 35.0 Å². The molecule has 0 aliphatic carbocycles. The number of hydrogen-bond acceptors (Lipinski definition) is 5. The van der Waals surface area contributed by atoms with E-state index in [-0.39, 0.29) is 0 Å². The summed E-state index contributed by atoms with van der Waals surface area (Å²) in [6.07, 6.45) is 2.42. The van der Waals surface area contributed by atoms with Gasteiger partial charge in [-0.05, 0) is 26.3 Å². The van der Waals surface area contributed by atoms with Crippen molar-refractivity contribution in [2.45, 2.75) is 51.8 Å². The number of nitrogens with one attached hydrogen (secondary N) is 1. The summed E-state index contributed by atoms with van der Waals surface area (Å²) < 4.78 is 0.409. The van der Waals surface area contributed by atoms with Crippen molar-refractivity contribution in [3.05, 3.63) is 10.6 Å². The molecule has 0 radical (unpaired) electrons. The predicted molar refractivity (Wildman–Crippen MR) is 92.2 cm³/mol. The van der Waals surface area contributed by atoms with Crippen molar-refractivity contribution in [3.63, 3.8) is 0 Å². The molecule has 2 heterocycles. The second-order valence-electron chi connectivity index (χ2n) is 6.03. The normalized spacial score (nSPS) is 19.1. The van der Waals surface area contributed by atoms with Crippen LogP contribution in [-0.4, -0.2) is 35.1 Å². The third-order valence-corrected chi connectivity index (χ3v) is 6.29. The number of thioether (sulfide) groups is 1. The molecule has 114 valence electrons. The lowest BCUT2D eigenvalue weighted by Crippen LogP contribution is -2.26. The van der Waals surface area contributed by atoms with Crippen molar-refractivity contribution in [3.8, 4) is 0 Å². The topological polar surface area (TPSA) is 28.2 Å². The van der Waals surface area contributed by atoms with Crippen molar-refractivity contribution in [1.29, 1.82) is 0 Å². The van der Waals surface area contributed by atoms with Gasteiger partial charge in [0.15, 0.2) is 5.13 Å². The molecule has 0 spiro atoms. The lowest BCUT2D eigenvalue weighted by Gasteiger charge is -2.22. The zero-order valence-corrected chi connectivity index (χ0v) is 14.8. The van der Waals surface area contributed by atoms with Gasteiger partial charge >= 0.3 is 0 Å². The molecule has 0 atom stereocenters. The number of rotatable bonds is 5. The van der Waals surface area contributed by atoms with Crippen LogP contribution in [0, 0.1) is 6.92 Å². The van der Waals surface area contributed by atoms with E-state index in [1.807, 2.05) is 11.3 Å². The van der Waals surface area contributed by atoms with Gasteiger partial charge in [-0.15, -0.1) is 11.3 Å². The lowest BCUT2D eigenvalue weighted by molar-refractivity contribution is 0.637. The molecule has 0 amide bonds. The number of aromatic nitrogens is 1. The summed E-state index contributed by atoms with van der Waals surface area (Å²) in [5.41, 5.74) is 1.20. The third-order valence-electron chi connectivity index (χ3n) is 3.70. The summed E-state index contributed by atoms with van der Waals surface area (Å²) in [5, 5.41) is 4.70. The summed E-state index contributed by atoms with van der Waals surface area (Å²) in [4.78, 5) is 8.67. The summed E-state index contributed by atoms with van der Waals surface area (Å²) in [6, 6.07) is 0. The third kappa shape index (κ3) is 4.37. The predicted octanol–water partition coefficient (Wildman–Crippen LogP) is 3.67. The lowest BCUT2D eigenvalue weighted by atomic mass is 10.1. The first kappa shape index (κ1) is 16.1. The maximum absolute atomic E-state index is 4.80. The minimum atomic E-state index is 0.409. The van der Waals surface area contributed by atoms with E-state index in [2.05, 4.69) is 49.7 Å². The molecule has 0 unspecified atom stereocenters. The molecular weight excluding hydrogens is 286 g/mol. The van der Waals surface area contributed by atoms with Gasteiger partial charge in [-0.25, -0.2) is 4.98 Å². The maximum atomic E-state index is 4.80. The average Bonchev–Trinajstić information content (AvgIpc) is 2.64. The van der Waals surface area contributed by atoms with Crippen LogP contribution in [0.25, 0.3) is 0 Å². The van der Waals surface area contributed by atoms with Gasteiger partial charge in [-0.3, -0.25) is 0 Å². The number of hydrogen-bond donors (Lipinski definition) is 1. The number of aryl methyl sites for hydroxylation is 1. The SMILES string of the molecule is CCCNCc1sc(N2CCSC(C)(C)CC2)nc1C. The highest BCUT2D eigenvalue weighted by Crippen LogP contribution is 2.34. The van der Waals surface area contributed by atoms with Crippen molar-refractivity contribution in [2.24, 2.45) is 0 Å². The van der Waals surface area contributed by atoms with Crippen LogP contribution in [0.15, 0.2) is 0 Å². The van der Waals surface area contributed by atoms with E-state index in [4.69, 9.17) is 4.98 Å². The summed E-state index contributed by atoms with van der Waals surface area (Å²) in [5.74, 6) is 1.20. The second kappa shape index (κ2) is 7.14. The Labute approximate surface area is 131 Å². The Morgan fingerprint density at radius 3 is 2.90 bits per heavy atom.